The van der Waals surface area contributed by atoms with E-state index in [0.717, 1.165) is 28.2 Å². The predicted molar refractivity (Wildman–Crippen MR) is 102 cm³/mol. The van der Waals surface area contributed by atoms with Gasteiger partial charge in [0.25, 0.3) is 0 Å². The Labute approximate surface area is 157 Å². The van der Waals surface area contributed by atoms with Crippen LogP contribution in [-0.4, -0.2) is 46.2 Å². The molecule has 7 heteroatoms. The van der Waals surface area contributed by atoms with Crippen LogP contribution in [0, 0.1) is 5.41 Å². The van der Waals surface area contributed by atoms with Crippen molar-refractivity contribution < 1.29 is 14.6 Å². The number of benzene rings is 1. The number of nitrogens with zero attached hydrogens (tertiary/aromatic N) is 3. The number of hydrogen-bond donors (Lipinski definition) is 2. The van der Waals surface area contributed by atoms with Crippen LogP contribution >= 0.6 is 0 Å². The highest BCUT2D eigenvalue weighted by Gasteiger charge is 2.42. The Kier molecular flexibility index (Phi) is 4.43. The molecule has 2 N–H and O–H groups in total. The fraction of sp³-hybridized carbons (Fsp3) is 0.350. The van der Waals surface area contributed by atoms with Crippen LogP contribution in [0.25, 0.3) is 11.0 Å². The van der Waals surface area contributed by atoms with Gasteiger partial charge in [-0.1, -0.05) is 12.1 Å². The molecule has 1 aliphatic heterocycles. The number of carboxylic acids is 1. The average Bonchev–Trinajstić information content (AvgIpc) is 3.17. The van der Waals surface area contributed by atoms with E-state index in [9.17, 15) is 9.90 Å². The standard InChI is InChI=1S/C20H22N4O3/c1-27-15-4-2-3-14(11-15)12-20(19(25)26)6-9-24(10-7-20)18-16-5-8-21-17(16)22-13-23-18/h2-5,8,11,13H,6-7,9-10,12H2,1H3,(H,25,26)(H,21,22,23). The molecule has 4 rings (SSSR count). The molecule has 3 heterocycles. The van der Waals surface area contributed by atoms with Gasteiger partial charge in [-0.05, 0) is 43.0 Å². The summed E-state index contributed by atoms with van der Waals surface area (Å²) in [4.78, 5) is 26.1. The molecular formula is C20H22N4O3. The SMILES string of the molecule is COc1cccc(CC2(C(=O)O)CCN(c3ncnc4[nH]ccc34)CC2)c1. The van der Waals surface area contributed by atoms with Gasteiger partial charge in [0.2, 0.25) is 0 Å². The van der Waals surface area contributed by atoms with Crippen molar-refractivity contribution in [2.45, 2.75) is 19.3 Å². The lowest BCUT2D eigenvalue weighted by atomic mass is 9.73. The number of ether oxygens (including phenoxy) is 1. The van der Waals surface area contributed by atoms with Crippen molar-refractivity contribution in [1.82, 2.24) is 15.0 Å². The van der Waals surface area contributed by atoms with Gasteiger partial charge in [0.15, 0.2) is 0 Å². The summed E-state index contributed by atoms with van der Waals surface area (Å²) in [5, 5.41) is 11.0. The van der Waals surface area contributed by atoms with Crippen molar-refractivity contribution in [3.05, 3.63) is 48.4 Å². The second-order valence-corrected chi connectivity index (χ2v) is 7.04. The summed E-state index contributed by atoms with van der Waals surface area (Å²) >= 11 is 0. The number of aromatic amines is 1. The summed E-state index contributed by atoms with van der Waals surface area (Å²) in [6.45, 7) is 1.29. The Bertz CT molecular complexity index is 961. The first kappa shape index (κ1) is 17.3. The van der Waals surface area contributed by atoms with Crippen molar-refractivity contribution in [2.75, 3.05) is 25.1 Å². The van der Waals surface area contributed by atoms with Gasteiger partial charge in [0.05, 0.1) is 17.9 Å². The van der Waals surface area contributed by atoms with Crippen molar-refractivity contribution in [3.8, 4) is 5.75 Å². The summed E-state index contributed by atoms with van der Waals surface area (Å²) < 4.78 is 5.27. The van der Waals surface area contributed by atoms with Gasteiger partial charge in [0, 0.05) is 19.3 Å². The highest BCUT2D eigenvalue weighted by atomic mass is 16.5. The number of nitrogens with one attached hydrogen (secondary N) is 1. The predicted octanol–water partition coefficient (Wildman–Crippen LogP) is 2.88. The Morgan fingerprint density at radius 3 is 2.85 bits per heavy atom. The second-order valence-electron chi connectivity index (χ2n) is 7.04. The van der Waals surface area contributed by atoms with Crippen LogP contribution in [0.5, 0.6) is 5.75 Å². The van der Waals surface area contributed by atoms with E-state index in [2.05, 4.69) is 19.9 Å². The van der Waals surface area contributed by atoms with E-state index in [-0.39, 0.29) is 0 Å². The molecule has 0 atom stereocenters. The minimum atomic E-state index is -0.771. The fourth-order valence-corrected chi connectivity index (χ4v) is 3.90. The maximum absolute atomic E-state index is 12.2. The van der Waals surface area contributed by atoms with Gasteiger partial charge in [-0.2, -0.15) is 0 Å². The lowest BCUT2D eigenvalue weighted by molar-refractivity contribution is -0.150. The number of fused-ring (bicyclic) bond motifs is 1. The lowest BCUT2D eigenvalue weighted by Gasteiger charge is -2.39. The van der Waals surface area contributed by atoms with Gasteiger partial charge in [-0.15, -0.1) is 0 Å². The molecule has 2 aromatic heterocycles. The molecule has 0 aliphatic carbocycles. The van der Waals surface area contributed by atoms with Crippen LogP contribution in [0.1, 0.15) is 18.4 Å². The first-order valence-corrected chi connectivity index (χ1v) is 9.01. The van der Waals surface area contributed by atoms with E-state index in [1.165, 1.54) is 0 Å². The second kappa shape index (κ2) is 6.90. The molecule has 0 bridgehead atoms. The third-order valence-electron chi connectivity index (χ3n) is 5.48. The number of aliphatic carboxylic acids is 1. The Morgan fingerprint density at radius 2 is 2.11 bits per heavy atom. The highest BCUT2D eigenvalue weighted by molar-refractivity contribution is 5.87. The Morgan fingerprint density at radius 1 is 1.30 bits per heavy atom. The van der Waals surface area contributed by atoms with E-state index < -0.39 is 11.4 Å². The number of H-pyrrole nitrogens is 1. The minimum Gasteiger partial charge on any atom is -0.497 e. The molecule has 0 saturated carbocycles. The average molecular weight is 366 g/mol. The molecule has 1 saturated heterocycles. The molecule has 1 fully saturated rings. The quantitative estimate of drug-likeness (QED) is 0.721. The molecule has 3 aromatic rings. The number of carboxylic acid groups (broad SMARTS) is 1. The van der Waals surface area contributed by atoms with Crippen LogP contribution in [0.3, 0.4) is 0 Å². The minimum absolute atomic E-state index is 0.497. The molecule has 0 amide bonds. The van der Waals surface area contributed by atoms with Gasteiger partial charge >= 0.3 is 5.97 Å². The molecule has 0 spiro atoms. The number of rotatable bonds is 5. The first-order chi connectivity index (χ1) is 13.1. The zero-order valence-corrected chi connectivity index (χ0v) is 15.2. The van der Waals surface area contributed by atoms with Crippen molar-refractivity contribution >= 4 is 22.8 Å². The lowest BCUT2D eigenvalue weighted by Crippen LogP contribution is -2.46. The van der Waals surface area contributed by atoms with Crippen molar-refractivity contribution in [1.29, 1.82) is 0 Å². The van der Waals surface area contributed by atoms with Crippen molar-refractivity contribution in [2.24, 2.45) is 5.41 Å². The maximum Gasteiger partial charge on any atom is 0.310 e. The van der Waals surface area contributed by atoms with E-state index >= 15 is 0 Å². The monoisotopic (exact) mass is 366 g/mol. The normalized spacial score (nSPS) is 16.4. The number of aromatic nitrogens is 3. The number of methoxy groups -OCH3 is 1. The molecule has 0 radical (unpaired) electrons. The Hall–Kier alpha value is -3.09. The van der Waals surface area contributed by atoms with Gasteiger partial charge in [0.1, 0.15) is 23.5 Å². The molecule has 1 aliphatic rings. The van der Waals surface area contributed by atoms with Gasteiger partial charge in [-0.25, -0.2) is 9.97 Å². The third kappa shape index (κ3) is 3.20. The summed E-state index contributed by atoms with van der Waals surface area (Å²) in [7, 11) is 1.62. The van der Waals surface area contributed by atoms with E-state index in [0.29, 0.717) is 32.4 Å². The summed E-state index contributed by atoms with van der Waals surface area (Å²) in [5.41, 5.74) is 1.01. The fourth-order valence-electron chi connectivity index (χ4n) is 3.90. The molecular weight excluding hydrogens is 344 g/mol. The highest BCUT2D eigenvalue weighted by Crippen LogP contribution is 2.38. The van der Waals surface area contributed by atoms with Crippen LogP contribution in [0.15, 0.2) is 42.9 Å². The van der Waals surface area contributed by atoms with Crippen LogP contribution in [0.4, 0.5) is 5.82 Å². The molecule has 7 nitrogen and oxygen atoms in total. The number of piperidine rings is 1. The van der Waals surface area contributed by atoms with Crippen molar-refractivity contribution in [3.63, 3.8) is 0 Å². The van der Waals surface area contributed by atoms with Gasteiger partial charge in [-0.3, -0.25) is 4.79 Å². The van der Waals surface area contributed by atoms with Crippen LogP contribution in [-0.2, 0) is 11.2 Å². The maximum atomic E-state index is 12.2. The first-order valence-electron chi connectivity index (χ1n) is 9.01. The summed E-state index contributed by atoms with van der Waals surface area (Å²) in [6, 6.07) is 9.62. The molecule has 1 aromatic carbocycles. The zero-order chi connectivity index (χ0) is 18.9. The molecule has 27 heavy (non-hydrogen) atoms. The number of carbonyl (C=O) groups is 1. The smallest absolute Gasteiger partial charge is 0.310 e. The topological polar surface area (TPSA) is 91.3 Å². The Balaban J connectivity index is 1.55. The van der Waals surface area contributed by atoms with Crippen LogP contribution < -0.4 is 9.64 Å². The van der Waals surface area contributed by atoms with E-state index in [4.69, 9.17) is 4.74 Å². The molecule has 0 unspecified atom stereocenters. The zero-order valence-electron chi connectivity index (χ0n) is 15.2. The summed E-state index contributed by atoms with van der Waals surface area (Å²) in [5.74, 6) is 0.877. The van der Waals surface area contributed by atoms with Crippen LogP contribution in [0.2, 0.25) is 0 Å². The number of anilines is 1. The number of hydrogen-bond acceptors (Lipinski definition) is 5. The van der Waals surface area contributed by atoms with Gasteiger partial charge < -0.3 is 19.7 Å². The summed E-state index contributed by atoms with van der Waals surface area (Å²) in [6.07, 6.45) is 5.02. The van der Waals surface area contributed by atoms with E-state index in [1.807, 2.05) is 36.5 Å². The third-order valence-corrected chi connectivity index (χ3v) is 5.48. The largest absolute Gasteiger partial charge is 0.497 e. The molecule has 140 valence electrons. The van der Waals surface area contributed by atoms with E-state index in [1.54, 1.807) is 13.4 Å².